The van der Waals surface area contributed by atoms with Crippen molar-refractivity contribution in [1.29, 1.82) is 0 Å². The van der Waals surface area contributed by atoms with E-state index in [0.29, 0.717) is 50.4 Å². The predicted octanol–water partition coefficient (Wildman–Crippen LogP) is 1.74. The first-order chi connectivity index (χ1) is 11.2. The lowest BCUT2D eigenvalue weighted by Gasteiger charge is -2.14. The largest absolute Gasteiger partial charge is 0.493 e. The number of hydrogen-bond acceptors (Lipinski definition) is 5. The van der Waals surface area contributed by atoms with Crippen molar-refractivity contribution in [3.8, 4) is 11.5 Å². The molecular weight excluding hydrogens is 298 g/mol. The molecule has 0 atom stereocenters. The van der Waals surface area contributed by atoms with E-state index in [-0.39, 0.29) is 0 Å². The normalized spacial score (nSPS) is 11.2. The van der Waals surface area contributed by atoms with Crippen molar-refractivity contribution < 1.29 is 18.9 Å². The zero-order valence-corrected chi connectivity index (χ0v) is 14.3. The molecule has 7 nitrogen and oxygen atoms in total. The second-order valence-electron chi connectivity index (χ2n) is 4.53. The Morgan fingerprint density at radius 2 is 1.96 bits per heavy atom. The average Bonchev–Trinajstić information content (AvgIpc) is 2.57. The molecule has 2 N–H and O–H groups in total. The van der Waals surface area contributed by atoms with Gasteiger partial charge in [-0.1, -0.05) is 0 Å². The van der Waals surface area contributed by atoms with Gasteiger partial charge in [-0.2, -0.15) is 0 Å². The molecule has 23 heavy (non-hydrogen) atoms. The molecule has 0 unspecified atom stereocenters. The number of rotatable bonds is 10. The van der Waals surface area contributed by atoms with Gasteiger partial charge >= 0.3 is 0 Å². The van der Waals surface area contributed by atoms with E-state index in [4.69, 9.17) is 18.9 Å². The quantitative estimate of drug-likeness (QED) is 0.388. The number of anilines is 1. The number of nitrogens with zero attached hydrogens (tertiary/aromatic N) is 1. The van der Waals surface area contributed by atoms with Crippen LogP contribution in [0.3, 0.4) is 0 Å². The SMILES string of the molecule is CCOc1cc(NC(=NC)NCCOCCOC)ccc1OC. The van der Waals surface area contributed by atoms with E-state index < -0.39 is 0 Å². The summed E-state index contributed by atoms with van der Waals surface area (Å²) < 4.78 is 21.1. The van der Waals surface area contributed by atoms with E-state index in [2.05, 4.69) is 15.6 Å². The van der Waals surface area contributed by atoms with Gasteiger partial charge < -0.3 is 29.6 Å². The monoisotopic (exact) mass is 325 g/mol. The Morgan fingerprint density at radius 1 is 1.13 bits per heavy atom. The first kappa shape index (κ1) is 19.1. The standard InChI is InChI=1S/C16H27N3O4/c1-5-23-15-12-13(6-7-14(15)21-4)19-16(17-2)18-8-9-22-11-10-20-3/h6-7,12H,5,8-11H2,1-4H3,(H2,17,18,19). The van der Waals surface area contributed by atoms with Gasteiger partial charge in [0.05, 0.1) is 33.5 Å². The fraction of sp³-hybridized carbons (Fsp3) is 0.562. The lowest BCUT2D eigenvalue weighted by atomic mass is 10.2. The lowest BCUT2D eigenvalue weighted by Crippen LogP contribution is -2.33. The van der Waals surface area contributed by atoms with Gasteiger partial charge in [-0.3, -0.25) is 4.99 Å². The molecule has 0 aromatic heterocycles. The Hall–Kier alpha value is -1.99. The van der Waals surface area contributed by atoms with Gasteiger partial charge in [0, 0.05) is 32.5 Å². The van der Waals surface area contributed by atoms with Crippen molar-refractivity contribution in [2.24, 2.45) is 4.99 Å². The number of ether oxygens (including phenoxy) is 4. The molecular formula is C16H27N3O4. The Morgan fingerprint density at radius 3 is 2.61 bits per heavy atom. The third-order valence-electron chi connectivity index (χ3n) is 2.92. The molecule has 0 aliphatic heterocycles. The van der Waals surface area contributed by atoms with E-state index in [1.54, 1.807) is 21.3 Å². The first-order valence-corrected chi connectivity index (χ1v) is 7.60. The van der Waals surface area contributed by atoms with Crippen LogP contribution >= 0.6 is 0 Å². The fourth-order valence-electron chi connectivity index (χ4n) is 1.82. The minimum absolute atomic E-state index is 0.575. The van der Waals surface area contributed by atoms with E-state index in [0.717, 1.165) is 5.69 Å². The number of methoxy groups -OCH3 is 2. The van der Waals surface area contributed by atoms with Gasteiger partial charge in [0.15, 0.2) is 17.5 Å². The molecule has 0 radical (unpaired) electrons. The summed E-state index contributed by atoms with van der Waals surface area (Å²) >= 11 is 0. The van der Waals surface area contributed by atoms with Gasteiger partial charge in [-0.15, -0.1) is 0 Å². The number of aliphatic imine (C=N–C) groups is 1. The van der Waals surface area contributed by atoms with Crippen LogP contribution < -0.4 is 20.1 Å². The summed E-state index contributed by atoms with van der Waals surface area (Å²) in [6.45, 7) is 4.92. The van der Waals surface area contributed by atoms with Gasteiger partial charge in [0.2, 0.25) is 0 Å². The van der Waals surface area contributed by atoms with Crippen molar-refractivity contribution in [2.75, 3.05) is 59.6 Å². The van der Waals surface area contributed by atoms with E-state index in [1.807, 2.05) is 25.1 Å². The number of hydrogen-bond donors (Lipinski definition) is 2. The molecule has 1 aromatic rings. The average molecular weight is 325 g/mol. The van der Waals surface area contributed by atoms with Gasteiger partial charge in [-0.25, -0.2) is 0 Å². The Labute approximate surface area is 138 Å². The number of benzene rings is 1. The fourth-order valence-corrected chi connectivity index (χ4v) is 1.82. The highest BCUT2D eigenvalue weighted by Crippen LogP contribution is 2.30. The second-order valence-corrected chi connectivity index (χ2v) is 4.53. The van der Waals surface area contributed by atoms with Crippen molar-refractivity contribution in [1.82, 2.24) is 5.32 Å². The van der Waals surface area contributed by atoms with Crippen LogP contribution in [0.2, 0.25) is 0 Å². The van der Waals surface area contributed by atoms with Crippen molar-refractivity contribution in [3.63, 3.8) is 0 Å². The molecule has 0 bridgehead atoms. The molecule has 0 aliphatic rings. The predicted molar refractivity (Wildman–Crippen MR) is 91.8 cm³/mol. The van der Waals surface area contributed by atoms with Crippen LogP contribution in [0.5, 0.6) is 11.5 Å². The number of guanidine groups is 1. The highest BCUT2D eigenvalue weighted by atomic mass is 16.5. The maximum atomic E-state index is 5.56. The van der Waals surface area contributed by atoms with Crippen LogP contribution in [0.1, 0.15) is 6.92 Å². The highest BCUT2D eigenvalue weighted by molar-refractivity contribution is 5.93. The molecule has 0 saturated carbocycles. The summed E-state index contributed by atoms with van der Waals surface area (Å²) in [6, 6.07) is 5.64. The zero-order chi connectivity index (χ0) is 16.9. The Bertz CT molecular complexity index is 480. The van der Waals surface area contributed by atoms with Crippen LogP contribution in [0, 0.1) is 0 Å². The molecule has 1 rings (SSSR count). The zero-order valence-electron chi connectivity index (χ0n) is 14.3. The Kier molecular flexibility index (Phi) is 9.58. The summed E-state index contributed by atoms with van der Waals surface area (Å²) in [6.07, 6.45) is 0. The van der Waals surface area contributed by atoms with E-state index >= 15 is 0 Å². The molecule has 0 spiro atoms. The van der Waals surface area contributed by atoms with Gasteiger partial charge in [0.1, 0.15) is 0 Å². The molecule has 1 aromatic carbocycles. The van der Waals surface area contributed by atoms with Crippen LogP contribution in [0.25, 0.3) is 0 Å². The maximum Gasteiger partial charge on any atom is 0.195 e. The van der Waals surface area contributed by atoms with Gasteiger partial charge in [0.25, 0.3) is 0 Å². The third kappa shape index (κ3) is 7.21. The highest BCUT2D eigenvalue weighted by Gasteiger charge is 2.06. The topological polar surface area (TPSA) is 73.3 Å². The summed E-state index contributed by atoms with van der Waals surface area (Å²) in [5.74, 6) is 2.05. The molecule has 0 saturated heterocycles. The molecule has 0 fully saturated rings. The van der Waals surface area contributed by atoms with Crippen molar-refractivity contribution in [3.05, 3.63) is 18.2 Å². The van der Waals surface area contributed by atoms with E-state index in [9.17, 15) is 0 Å². The smallest absolute Gasteiger partial charge is 0.195 e. The van der Waals surface area contributed by atoms with Crippen LogP contribution in [0.4, 0.5) is 5.69 Å². The van der Waals surface area contributed by atoms with Crippen LogP contribution in [0.15, 0.2) is 23.2 Å². The van der Waals surface area contributed by atoms with Crippen molar-refractivity contribution >= 4 is 11.6 Å². The second kappa shape index (κ2) is 11.6. The first-order valence-electron chi connectivity index (χ1n) is 7.60. The minimum Gasteiger partial charge on any atom is -0.493 e. The Balaban J connectivity index is 2.50. The minimum atomic E-state index is 0.575. The number of nitrogens with one attached hydrogen (secondary N) is 2. The molecule has 0 amide bonds. The lowest BCUT2D eigenvalue weighted by molar-refractivity contribution is 0.0734. The maximum absolute atomic E-state index is 5.56. The van der Waals surface area contributed by atoms with Crippen LogP contribution in [-0.2, 0) is 9.47 Å². The molecule has 7 heteroatoms. The molecule has 0 heterocycles. The summed E-state index contributed by atoms with van der Waals surface area (Å²) in [7, 11) is 4.99. The third-order valence-corrected chi connectivity index (χ3v) is 2.92. The summed E-state index contributed by atoms with van der Waals surface area (Å²) in [5.41, 5.74) is 0.864. The summed E-state index contributed by atoms with van der Waals surface area (Å²) in [4.78, 5) is 4.18. The van der Waals surface area contributed by atoms with Gasteiger partial charge in [-0.05, 0) is 19.1 Å². The van der Waals surface area contributed by atoms with E-state index in [1.165, 1.54) is 0 Å². The summed E-state index contributed by atoms with van der Waals surface area (Å²) in [5, 5.41) is 6.38. The molecule has 0 aliphatic carbocycles. The van der Waals surface area contributed by atoms with Crippen molar-refractivity contribution in [2.45, 2.75) is 6.92 Å². The van der Waals surface area contributed by atoms with Crippen LogP contribution in [-0.4, -0.2) is 60.2 Å². The molecule has 130 valence electrons.